The molecule has 0 radical (unpaired) electrons. The summed E-state index contributed by atoms with van der Waals surface area (Å²) in [6.45, 7) is 0.771. The highest BCUT2D eigenvalue weighted by molar-refractivity contribution is 5.93. The van der Waals surface area contributed by atoms with Crippen molar-refractivity contribution < 1.29 is 9.18 Å². The van der Waals surface area contributed by atoms with Crippen molar-refractivity contribution in [3.63, 3.8) is 0 Å². The Balaban J connectivity index is 1.42. The average molecular weight is 288 g/mol. The van der Waals surface area contributed by atoms with E-state index < -0.39 is 5.95 Å². The van der Waals surface area contributed by atoms with Crippen LogP contribution in [0.25, 0.3) is 0 Å². The van der Waals surface area contributed by atoms with Crippen LogP contribution in [0.2, 0.25) is 0 Å². The van der Waals surface area contributed by atoms with Gasteiger partial charge in [-0.05, 0) is 73.8 Å². The van der Waals surface area contributed by atoms with Gasteiger partial charge in [-0.3, -0.25) is 4.79 Å². The zero-order valence-corrected chi connectivity index (χ0v) is 12.1. The summed E-state index contributed by atoms with van der Waals surface area (Å²) in [6.07, 6.45) is 9.38. The van der Waals surface area contributed by atoms with Crippen LogP contribution in [0.3, 0.4) is 0 Å². The number of hydrogen-bond donors (Lipinski definition) is 1. The number of pyridine rings is 1. The zero-order chi connectivity index (χ0) is 14.4. The van der Waals surface area contributed by atoms with Gasteiger partial charge in [0.2, 0.25) is 5.95 Å². The van der Waals surface area contributed by atoms with Gasteiger partial charge in [0.25, 0.3) is 5.91 Å². The van der Waals surface area contributed by atoms with E-state index in [2.05, 4.69) is 10.3 Å². The first-order chi connectivity index (χ1) is 10.1. The molecular weight excluding hydrogens is 267 g/mol. The Bertz CT molecular complexity index is 519. The molecule has 0 aromatic carbocycles. The van der Waals surface area contributed by atoms with E-state index in [0.29, 0.717) is 11.0 Å². The van der Waals surface area contributed by atoms with Gasteiger partial charge in [-0.1, -0.05) is 0 Å². The number of rotatable bonds is 3. The lowest BCUT2D eigenvalue weighted by Crippen LogP contribution is -2.51. The van der Waals surface area contributed by atoms with Gasteiger partial charge < -0.3 is 5.32 Å². The van der Waals surface area contributed by atoms with Crippen LogP contribution in [0.5, 0.6) is 0 Å². The van der Waals surface area contributed by atoms with Crippen molar-refractivity contribution in [1.29, 1.82) is 0 Å². The fraction of sp³-hybridized carbons (Fsp3) is 0.647. The molecule has 1 N–H and O–H groups in total. The van der Waals surface area contributed by atoms with Gasteiger partial charge in [0.15, 0.2) is 0 Å². The molecule has 3 nitrogen and oxygen atoms in total. The van der Waals surface area contributed by atoms with Crippen molar-refractivity contribution >= 4 is 5.91 Å². The van der Waals surface area contributed by atoms with E-state index in [0.717, 1.165) is 24.3 Å². The van der Waals surface area contributed by atoms with Crippen LogP contribution in [-0.2, 0) is 0 Å². The summed E-state index contributed by atoms with van der Waals surface area (Å²) in [5, 5.41) is 3.07. The van der Waals surface area contributed by atoms with Gasteiger partial charge in [-0.25, -0.2) is 4.98 Å². The summed E-state index contributed by atoms with van der Waals surface area (Å²) in [5.74, 6) is 1.99. The third-order valence-corrected chi connectivity index (χ3v) is 5.78. The molecule has 1 heterocycles. The lowest BCUT2D eigenvalue weighted by Gasteiger charge is -2.56. The molecule has 1 aromatic rings. The molecule has 4 heteroatoms. The number of nitrogens with zero attached hydrogens (tertiary/aromatic N) is 1. The number of hydrogen-bond acceptors (Lipinski definition) is 2. The largest absolute Gasteiger partial charge is 0.351 e. The summed E-state index contributed by atoms with van der Waals surface area (Å²) in [6, 6.07) is 2.73. The summed E-state index contributed by atoms with van der Waals surface area (Å²) >= 11 is 0. The number of aromatic nitrogens is 1. The molecular formula is C17H21FN2O. The summed E-state index contributed by atoms with van der Waals surface area (Å²) < 4.78 is 12.8. The van der Waals surface area contributed by atoms with Crippen LogP contribution < -0.4 is 5.32 Å². The van der Waals surface area contributed by atoms with Crippen molar-refractivity contribution in [2.45, 2.75) is 38.5 Å². The van der Waals surface area contributed by atoms with Gasteiger partial charge in [0, 0.05) is 12.7 Å². The second-order valence-electron chi connectivity index (χ2n) is 7.47. The maximum Gasteiger partial charge on any atom is 0.252 e. The minimum atomic E-state index is -0.548. The van der Waals surface area contributed by atoms with Crippen molar-refractivity contribution in [2.24, 2.45) is 23.2 Å². The lowest BCUT2D eigenvalue weighted by molar-refractivity contribution is -0.0503. The van der Waals surface area contributed by atoms with Crippen LogP contribution in [0.15, 0.2) is 18.3 Å². The third-order valence-electron chi connectivity index (χ3n) is 5.78. The summed E-state index contributed by atoms with van der Waals surface area (Å²) in [4.78, 5) is 15.7. The number of halogens is 1. The van der Waals surface area contributed by atoms with Crippen LogP contribution >= 0.6 is 0 Å². The first-order valence-electron chi connectivity index (χ1n) is 8.02. The highest BCUT2D eigenvalue weighted by Crippen LogP contribution is 2.59. The number of carbonyl (C=O) groups excluding carboxylic acids is 1. The predicted octanol–water partition coefficient (Wildman–Crippen LogP) is 3.17. The van der Waals surface area contributed by atoms with E-state index in [1.54, 1.807) is 0 Å². The standard InChI is InChI=1S/C17H21FN2O/c18-15-2-1-14(9-19-15)16(21)20-10-17-6-11-3-12(7-17)5-13(4-11)8-17/h1-2,9,11-13H,3-8,10H2,(H,20,21). The zero-order valence-electron chi connectivity index (χ0n) is 12.1. The van der Waals surface area contributed by atoms with Crippen molar-refractivity contribution in [3.05, 3.63) is 29.8 Å². The van der Waals surface area contributed by atoms with Crippen molar-refractivity contribution in [2.75, 3.05) is 6.54 Å². The van der Waals surface area contributed by atoms with Gasteiger partial charge in [0.1, 0.15) is 0 Å². The highest BCUT2D eigenvalue weighted by Gasteiger charge is 2.50. The first-order valence-corrected chi connectivity index (χ1v) is 8.02. The molecule has 4 saturated carbocycles. The quantitative estimate of drug-likeness (QED) is 0.868. The Kier molecular flexibility index (Phi) is 3.02. The van der Waals surface area contributed by atoms with Gasteiger partial charge >= 0.3 is 0 Å². The molecule has 5 rings (SSSR count). The van der Waals surface area contributed by atoms with Crippen LogP contribution in [0, 0.1) is 29.1 Å². The summed E-state index contributed by atoms with van der Waals surface area (Å²) in [7, 11) is 0. The minimum absolute atomic E-state index is 0.127. The second-order valence-corrected chi connectivity index (χ2v) is 7.47. The number of nitrogens with one attached hydrogen (secondary N) is 1. The third kappa shape index (κ3) is 2.45. The summed E-state index contributed by atoms with van der Waals surface area (Å²) in [5.41, 5.74) is 0.777. The Morgan fingerprint density at radius 2 is 1.81 bits per heavy atom. The lowest BCUT2D eigenvalue weighted by atomic mass is 9.49. The maximum absolute atomic E-state index is 12.8. The van der Waals surface area contributed by atoms with Gasteiger partial charge in [-0.2, -0.15) is 4.39 Å². The van der Waals surface area contributed by atoms with E-state index in [1.807, 2.05) is 0 Å². The fourth-order valence-corrected chi connectivity index (χ4v) is 5.39. The van der Waals surface area contributed by atoms with Gasteiger partial charge in [0.05, 0.1) is 5.56 Å². The van der Waals surface area contributed by atoms with Gasteiger partial charge in [-0.15, -0.1) is 0 Å². The molecule has 1 aromatic heterocycles. The van der Waals surface area contributed by atoms with E-state index >= 15 is 0 Å². The number of carbonyl (C=O) groups is 1. The second kappa shape index (κ2) is 4.79. The Morgan fingerprint density at radius 1 is 1.19 bits per heavy atom. The molecule has 4 aliphatic carbocycles. The maximum atomic E-state index is 12.8. The molecule has 0 atom stereocenters. The van der Waals surface area contributed by atoms with Crippen molar-refractivity contribution in [1.82, 2.24) is 10.3 Å². The van der Waals surface area contributed by atoms with Crippen LogP contribution in [-0.4, -0.2) is 17.4 Å². The smallest absolute Gasteiger partial charge is 0.252 e. The SMILES string of the molecule is O=C(NCC12CC3CC(CC(C3)C1)C2)c1ccc(F)nc1. The molecule has 0 saturated heterocycles. The molecule has 4 aliphatic rings. The molecule has 112 valence electrons. The normalized spacial score (nSPS) is 36.7. The molecule has 0 aliphatic heterocycles. The first kappa shape index (κ1) is 13.2. The van der Waals surface area contributed by atoms with Crippen molar-refractivity contribution in [3.8, 4) is 0 Å². The Hall–Kier alpha value is -1.45. The molecule has 1 amide bonds. The minimum Gasteiger partial charge on any atom is -0.351 e. The molecule has 0 spiro atoms. The van der Waals surface area contributed by atoms with Crippen LogP contribution in [0.1, 0.15) is 48.9 Å². The Morgan fingerprint density at radius 3 is 2.33 bits per heavy atom. The topological polar surface area (TPSA) is 42.0 Å². The molecule has 4 bridgehead atoms. The predicted molar refractivity (Wildman–Crippen MR) is 77.1 cm³/mol. The number of amides is 1. The molecule has 21 heavy (non-hydrogen) atoms. The van der Waals surface area contributed by atoms with E-state index in [9.17, 15) is 9.18 Å². The Labute approximate surface area is 124 Å². The monoisotopic (exact) mass is 288 g/mol. The van der Waals surface area contributed by atoms with E-state index in [-0.39, 0.29) is 5.91 Å². The van der Waals surface area contributed by atoms with Crippen LogP contribution in [0.4, 0.5) is 4.39 Å². The highest BCUT2D eigenvalue weighted by atomic mass is 19.1. The fourth-order valence-electron chi connectivity index (χ4n) is 5.39. The van der Waals surface area contributed by atoms with E-state index in [1.165, 1.54) is 56.9 Å². The van der Waals surface area contributed by atoms with E-state index in [4.69, 9.17) is 0 Å². The average Bonchev–Trinajstić information content (AvgIpc) is 2.44. The molecule has 4 fully saturated rings. The molecule has 0 unspecified atom stereocenters.